The molecule has 7 nitrogen and oxygen atoms in total. The lowest BCUT2D eigenvalue weighted by Crippen LogP contribution is -2.39. The highest BCUT2D eigenvalue weighted by Gasteiger charge is 2.27. The summed E-state index contributed by atoms with van der Waals surface area (Å²) in [5.41, 5.74) is 1.01. The van der Waals surface area contributed by atoms with Crippen LogP contribution in [0.5, 0.6) is 0 Å². The zero-order valence-electron chi connectivity index (χ0n) is 13.9. The summed E-state index contributed by atoms with van der Waals surface area (Å²) in [4.78, 5) is 14.2. The van der Waals surface area contributed by atoms with E-state index in [4.69, 9.17) is 14.6 Å². The van der Waals surface area contributed by atoms with Gasteiger partial charge in [0.05, 0.1) is 0 Å². The molecule has 124 valence electrons. The molecule has 0 amide bonds. The van der Waals surface area contributed by atoms with Gasteiger partial charge in [-0.25, -0.2) is 14.6 Å². The Balaban J connectivity index is 1.75. The van der Waals surface area contributed by atoms with Gasteiger partial charge in [0.1, 0.15) is 0 Å². The van der Waals surface area contributed by atoms with Crippen LogP contribution in [0, 0.1) is 11.8 Å². The molecule has 0 bridgehead atoms. The van der Waals surface area contributed by atoms with Gasteiger partial charge < -0.3 is 9.80 Å². The van der Waals surface area contributed by atoms with E-state index in [1.165, 1.54) is 25.7 Å². The molecule has 2 aromatic heterocycles. The van der Waals surface area contributed by atoms with E-state index in [2.05, 4.69) is 34.0 Å². The molecule has 0 N–H and O–H groups in total. The van der Waals surface area contributed by atoms with Gasteiger partial charge in [-0.1, -0.05) is 13.8 Å². The van der Waals surface area contributed by atoms with Crippen LogP contribution in [0.2, 0.25) is 0 Å². The second kappa shape index (κ2) is 5.94. The molecule has 2 aliphatic heterocycles. The van der Waals surface area contributed by atoms with Crippen molar-refractivity contribution in [3.8, 4) is 0 Å². The van der Waals surface area contributed by atoms with Gasteiger partial charge >= 0.3 is 0 Å². The number of aromatic nitrogens is 4. The summed E-state index contributed by atoms with van der Waals surface area (Å²) >= 11 is 0. The minimum absolute atomic E-state index is 0.507. The third-order valence-electron chi connectivity index (χ3n) is 4.99. The molecule has 2 fully saturated rings. The van der Waals surface area contributed by atoms with Crippen molar-refractivity contribution >= 4 is 22.9 Å². The van der Waals surface area contributed by atoms with Crippen LogP contribution in [0.4, 0.5) is 11.6 Å². The third-order valence-corrected chi connectivity index (χ3v) is 4.99. The molecule has 2 saturated heterocycles. The Morgan fingerprint density at radius 2 is 1.30 bits per heavy atom. The van der Waals surface area contributed by atoms with E-state index in [1.807, 2.05) is 0 Å². The Morgan fingerprint density at radius 1 is 0.826 bits per heavy atom. The van der Waals surface area contributed by atoms with E-state index in [9.17, 15) is 0 Å². The molecule has 0 aliphatic carbocycles. The summed E-state index contributed by atoms with van der Waals surface area (Å²) in [5.74, 6) is 3.28. The first kappa shape index (κ1) is 14.7. The standard InChI is InChI=1S/C16H24N6O/c1-11-5-3-7-21(9-11)15-16(22-8-4-6-12(2)10-22)18-14-13(17-15)19-23-20-14/h11-12H,3-10H2,1-2H3/t11-,12-/m0/s1. The SMILES string of the molecule is C[C@H]1CCCN(c2nc3nonc3nc2N2CCC[C@H](C)C2)C1. The Hall–Kier alpha value is -1.92. The smallest absolute Gasteiger partial charge is 0.245 e. The van der Waals surface area contributed by atoms with E-state index < -0.39 is 0 Å². The van der Waals surface area contributed by atoms with Crippen LogP contribution in [0.25, 0.3) is 11.3 Å². The molecule has 2 aliphatic rings. The Kier molecular flexibility index (Phi) is 3.79. The number of piperidine rings is 2. The predicted molar refractivity (Wildman–Crippen MR) is 88.6 cm³/mol. The molecule has 0 unspecified atom stereocenters. The van der Waals surface area contributed by atoms with E-state index in [0.717, 1.165) is 37.8 Å². The molecule has 0 spiro atoms. The second-order valence-electron chi connectivity index (χ2n) is 7.17. The van der Waals surface area contributed by atoms with Crippen molar-refractivity contribution in [2.45, 2.75) is 39.5 Å². The topological polar surface area (TPSA) is 71.2 Å². The quantitative estimate of drug-likeness (QED) is 0.843. The predicted octanol–water partition coefficient (Wildman–Crippen LogP) is 2.49. The van der Waals surface area contributed by atoms with Gasteiger partial charge in [-0.05, 0) is 47.8 Å². The van der Waals surface area contributed by atoms with Crippen LogP contribution in [0.3, 0.4) is 0 Å². The fourth-order valence-corrected chi connectivity index (χ4v) is 3.81. The Morgan fingerprint density at radius 3 is 1.74 bits per heavy atom. The van der Waals surface area contributed by atoms with Crippen molar-refractivity contribution in [2.24, 2.45) is 11.8 Å². The van der Waals surface area contributed by atoms with Crippen molar-refractivity contribution in [3.63, 3.8) is 0 Å². The average molecular weight is 316 g/mol. The molecule has 2 aromatic rings. The monoisotopic (exact) mass is 316 g/mol. The maximum atomic E-state index is 4.83. The highest BCUT2D eigenvalue weighted by Crippen LogP contribution is 2.32. The molecular weight excluding hydrogens is 292 g/mol. The van der Waals surface area contributed by atoms with Crippen LogP contribution in [0.1, 0.15) is 39.5 Å². The van der Waals surface area contributed by atoms with Crippen LogP contribution >= 0.6 is 0 Å². The first-order valence-corrected chi connectivity index (χ1v) is 8.71. The Labute approximate surface area is 136 Å². The molecule has 4 rings (SSSR count). The lowest BCUT2D eigenvalue weighted by atomic mass is 9.99. The van der Waals surface area contributed by atoms with E-state index in [1.54, 1.807) is 0 Å². The summed E-state index contributed by atoms with van der Waals surface area (Å²) in [7, 11) is 0. The minimum atomic E-state index is 0.507. The van der Waals surface area contributed by atoms with Gasteiger partial charge in [-0.15, -0.1) is 0 Å². The van der Waals surface area contributed by atoms with E-state index in [-0.39, 0.29) is 0 Å². The zero-order valence-corrected chi connectivity index (χ0v) is 13.9. The van der Waals surface area contributed by atoms with Crippen LogP contribution < -0.4 is 9.80 Å². The molecule has 2 atom stereocenters. The normalized spacial score (nSPS) is 26.0. The van der Waals surface area contributed by atoms with Crippen LogP contribution in [-0.2, 0) is 0 Å². The summed E-state index contributed by atoms with van der Waals surface area (Å²) in [6.07, 6.45) is 4.98. The molecule has 0 radical (unpaired) electrons. The number of nitrogens with zero attached hydrogens (tertiary/aromatic N) is 6. The molecular formula is C16H24N6O. The lowest BCUT2D eigenvalue weighted by molar-refractivity contribution is 0.314. The molecule has 23 heavy (non-hydrogen) atoms. The number of hydrogen-bond donors (Lipinski definition) is 0. The van der Waals surface area contributed by atoms with Crippen molar-refractivity contribution in [2.75, 3.05) is 36.0 Å². The summed E-state index contributed by atoms with van der Waals surface area (Å²) in [6, 6.07) is 0. The summed E-state index contributed by atoms with van der Waals surface area (Å²) in [5, 5.41) is 7.78. The van der Waals surface area contributed by atoms with E-state index in [0.29, 0.717) is 23.1 Å². The largest absolute Gasteiger partial charge is 0.353 e. The maximum absolute atomic E-state index is 4.83. The Bertz CT molecular complexity index is 630. The van der Waals surface area contributed by atoms with Gasteiger partial charge in [-0.3, -0.25) is 0 Å². The first-order chi connectivity index (χ1) is 11.2. The average Bonchev–Trinajstić information content (AvgIpc) is 3.01. The van der Waals surface area contributed by atoms with Crippen molar-refractivity contribution < 1.29 is 4.63 Å². The van der Waals surface area contributed by atoms with Gasteiger partial charge in [0, 0.05) is 26.2 Å². The van der Waals surface area contributed by atoms with Gasteiger partial charge in [0.25, 0.3) is 0 Å². The number of fused-ring (bicyclic) bond motifs is 1. The number of anilines is 2. The van der Waals surface area contributed by atoms with Gasteiger partial charge in [0.15, 0.2) is 11.6 Å². The number of rotatable bonds is 2. The molecule has 0 aromatic carbocycles. The van der Waals surface area contributed by atoms with Gasteiger partial charge in [0.2, 0.25) is 11.3 Å². The lowest BCUT2D eigenvalue weighted by Gasteiger charge is -2.37. The molecule has 0 saturated carbocycles. The van der Waals surface area contributed by atoms with Gasteiger partial charge in [-0.2, -0.15) is 0 Å². The van der Waals surface area contributed by atoms with Crippen LogP contribution in [-0.4, -0.2) is 46.5 Å². The number of hydrogen-bond acceptors (Lipinski definition) is 7. The minimum Gasteiger partial charge on any atom is -0.353 e. The fraction of sp³-hybridized carbons (Fsp3) is 0.750. The summed E-state index contributed by atoms with van der Waals surface area (Å²) in [6.45, 7) is 8.74. The highest BCUT2D eigenvalue weighted by atomic mass is 16.6. The highest BCUT2D eigenvalue weighted by molar-refractivity contribution is 5.74. The van der Waals surface area contributed by atoms with Crippen molar-refractivity contribution in [1.82, 2.24) is 20.3 Å². The summed E-state index contributed by atoms with van der Waals surface area (Å²) < 4.78 is 4.83. The second-order valence-corrected chi connectivity index (χ2v) is 7.17. The zero-order chi connectivity index (χ0) is 15.8. The van der Waals surface area contributed by atoms with Crippen molar-refractivity contribution in [3.05, 3.63) is 0 Å². The molecule has 7 heteroatoms. The molecule has 4 heterocycles. The third kappa shape index (κ3) is 2.84. The van der Waals surface area contributed by atoms with Crippen LogP contribution in [0.15, 0.2) is 4.63 Å². The van der Waals surface area contributed by atoms with E-state index >= 15 is 0 Å². The fourth-order valence-electron chi connectivity index (χ4n) is 3.81. The first-order valence-electron chi connectivity index (χ1n) is 8.71. The van der Waals surface area contributed by atoms with Crippen molar-refractivity contribution in [1.29, 1.82) is 0 Å². The maximum Gasteiger partial charge on any atom is 0.245 e.